The molecule has 0 radical (unpaired) electrons. The molecule has 190 valence electrons. The van der Waals surface area contributed by atoms with Crippen molar-refractivity contribution in [3.05, 3.63) is 59.6 Å². The van der Waals surface area contributed by atoms with Crippen molar-refractivity contribution in [3.8, 4) is 22.8 Å². The number of carbonyl (C=O) groups excluding carboxylic acids is 2. The second kappa shape index (κ2) is 11.8. The minimum atomic E-state index is -0.373. The summed E-state index contributed by atoms with van der Waals surface area (Å²) in [5.41, 5.74) is 2.64. The molecule has 10 heteroatoms. The van der Waals surface area contributed by atoms with E-state index in [-0.39, 0.29) is 24.7 Å². The summed E-state index contributed by atoms with van der Waals surface area (Å²) in [6, 6.07) is 9.23. The number of imidazole rings is 1. The monoisotopic (exact) mass is 511 g/mol. The zero-order valence-electron chi connectivity index (χ0n) is 20.6. The lowest BCUT2D eigenvalue weighted by Gasteiger charge is -2.21. The molecule has 0 N–H and O–H groups in total. The number of aromatic nitrogens is 2. The van der Waals surface area contributed by atoms with Crippen molar-refractivity contribution >= 4 is 28.2 Å². The molecule has 0 aliphatic carbocycles. The van der Waals surface area contributed by atoms with Crippen molar-refractivity contribution < 1.29 is 28.2 Å². The molecular formula is C26H29N3O6S. The lowest BCUT2D eigenvalue weighted by molar-refractivity contribution is -0.145. The average Bonchev–Trinajstić information content (AvgIpc) is 3.63. The number of methoxy groups -OCH3 is 2. The first kappa shape index (κ1) is 25.3. The van der Waals surface area contributed by atoms with Crippen LogP contribution in [0.15, 0.2) is 52.6 Å². The number of rotatable bonds is 12. The van der Waals surface area contributed by atoms with Gasteiger partial charge in [0.05, 0.1) is 45.7 Å². The fraction of sp³-hybridized carbons (Fsp3) is 0.346. The van der Waals surface area contributed by atoms with Gasteiger partial charge in [0.25, 0.3) is 0 Å². The molecule has 3 aromatic heterocycles. The maximum absolute atomic E-state index is 13.0. The molecule has 0 aliphatic rings. The molecular weight excluding hydrogens is 482 g/mol. The minimum absolute atomic E-state index is 0.0529. The summed E-state index contributed by atoms with van der Waals surface area (Å²) >= 11 is 1.53. The normalized spacial score (nSPS) is 11.0. The van der Waals surface area contributed by atoms with E-state index in [2.05, 4.69) is 0 Å². The Morgan fingerprint density at radius 3 is 2.75 bits per heavy atom. The molecule has 0 unspecified atom stereocenters. The molecule has 4 rings (SSSR count). The standard InChI is InChI=1S/C26H29N3O6S/c1-4-34-25(31)10-9-24(30)28(15-20-6-5-13-35-20)12-11-18-17-36-26-27-22(16-29(18)26)21-14-19(32-2)7-8-23(21)33-3/h5-8,13-14,16-17H,4,9-12,15H2,1-3H3. The molecule has 1 amide bonds. The zero-order valence-corrected chi connectivity index (χ0v) is 21.4. The van der Waals surface area contributed by atoms with Crippen molar-refractivity contribution in [2.24, 2.45) is 0 Å². The highest BCUT2D eigenvalue weighted by Gasteiger charge is 2.19. The molecule has 0 atom stereocenters. The van der Waals surface area contributed by atoms with E-state index in [0.717, 1.165) is 27.7 Å². The van der Waals surface area contributed by atoms with Gasteiger partial charge in [0.15, 0.2) is 4.96 Å². The van der Waals surface area contributed by atoms with Crippen molar-refractivity contribution in [1.29, 1.82) is 0 Å². The fourth-order valence-corrected chi connectivity index (χ4v) is 4.79. The molecule has 4 aromatic rings. The number of benzene rings is 1. The van der Waals surface area contributed by atoms with Gasteiger partial charge in [-0.1, -0.05) is 0 Å². The van der Waals surface area contributed by atoms with Crippen molar-refractivity contribution in [2.45, 2.75) is 32.7 Å². The molecule has 0 saturated heterocycles. The van der Waals surface area contributed by atoms with E-state index in [1.165, 1.54) is 11.3 Å². The topological polar surface area (TPSA) is 95.5 Å². The SMILES string of the molecule is CCOC(=O)CCC(=O)N(CCc1csc2nc(-c3cc(OC)ccc3OC)cn12)Cc1ccco1. The Bertz CT molecular complexity index is 1310. The summed E-state index contributed by atoms with van der Waals surface area (Å²) in [5.74, 6) is 1.61. The Labute approximate surface area is 213 Å². The lowest BCUT2D eigenvalue weighted by atomic mass is 10.1. The molecule has 3 heterocycles. The van der Waals surface area contributed by atoms with Gasteiger partial charge in [0.2, 0.25) is 5.91 Å². The van der Waals surface area contributed by atoms with Gasteiger partial charge in [0, 0.05) is 42.2 Å². The first-order chi connectivity index (χ1) is 17.5. The van der Waals surface area contributed by atoms with E-state index < -0.39 is 0 Å². The van der Waals surface area contributed by atoms with Crippen LogP contribution in [0.4, 0.5) is 0 Å². The van der Waals surface area contributed by atoms with Crippen LogP contribution in [-0.2, 0) is 27.3 Å². The van der Waals surface area contributed by atoms with Gasteiger partial charge in [-0.2, -0.15) is 0 Å². The van der Waals surface area contributed by atoms with Gasteiger partial charge >= 0.3 is 5.97 Å². The van der Waals surface area contributed by atoms with Crippen LogP contribution in [0.25, 0.3) is 16.2 Å². The summed E-state index contributed by atoms with van der Waals surface area (Å²) in [6.07, 6.45) is 4.30. The predicted octanol–water partition coefficient (Wildman–Crippen LogP) is 4.59. The summed E-state index contributed by atoms with van der Waals surface area (Å²) in [4.78, 5) is 32.0. The average molecular weight is 512 g/mol. The Morgan fingerprint density at radius 1 is 1.17 bits per heavy atom. The summed E-state index contributed by atoms with van der Waals surface area (Å²) in [7, 11) is 3.25. The quantitative estimate of drug-likeness (QED) is 0.257. The number of thiazole rings is 1. The Balaban J connectivity index is 1.51. The second-order valence-electron chi connectivity index (χ2n) is 8.02. The van der Waals surface area contributed by atoms with E-state index in [1.54, 1.807) is 38.4 Å². The maximum Gasteiger partial charge on any atom is 0.306 e. The van der Waals surface area contributed by atoms with E-state index >= 15 is 0 Å². The molecule has 0 saturated carbocycles. The van der Waals surface area contributed by atoms with Crippen molar-refractivity contribution in [2.75, 3.05) is 27.4 Å². The molecule has 0 fully saturated rings. The smallest absolute Gasteiger partial charge is 0.306 e. The number of esters is 1. The third kappa shape index (κ3) is 5.88. The Kier molecular flexibility index (Phi) is 8.27. The molecule has 36 heavy (non-hydrogen) atoms. The van der Waals surface area contributed by atoms with Crippen LogP contribution < -0.4 is 9.47 Å². The first-order valence-electron chi connectivity index (χ1n) is 11.7. The van der Waals surface area contributed by atoms with Gasteiger partial charge < -0.3 is 23.5 Å². The summed E-state index contributed by atoms with van der Waals surface area (Å²) in [5, 5.41) is 2.04. The zero-order chi connectivity index (χ0) is 25.5. The van der Waals surface area contributed by atoms with Gasteiger partial charge in [-0.25, -0.2) is 4.98 Å². The number of carbonyl (C=O) groups is 2. The van der Waals surface area contributed by atoms with Crippen molar-refractivity contribution in [3.63, 3.8) is 0 Å². The predicted molar refractivity (Wildman–Crippen MR) is 135 cm³/mol. The van der Waals surface area contributed by atoms with E-state index in [4.69, 9.17) is 23.6 Å². The van der Waals surface area contributed by atoms with Crippen LogP contribution in [0.1, 0.15) is 31.2 Å². The van der Waals surface area contributed by atoms with Gasteiger partial charge in [-0.15, -0.1) is 11.3 Å². The third-order valence-corrected chi connectivity index (χ3v) is 6.62. The Hall–Kier alpha value is -3.79. The van der Waals surface area contributed by atoms with E-state index in [1.807, 2.05) is 40.2 Å². The van der Waals surface area contributed by atoms with Crippen LogP contribution >= 0.6 is 11.3 Å². The van der Waals surface area contributed by atoms with Gasteiger partial charge in [0.1, 0.15) is 17.3 Å². The van der Waals surface area contributed by atoms with Crippen LogP contribution in [0, 0.1) is 0 Å². The lowest BCUT2D eigenvalue weighted by Crippen LogP contribution is -2.32. The number of amides is 1. The molecule has 0 aliphatic heterocycles. The molecule has 0 spiro atoms. The van der Waals surface area contributed by atoms with Crippen LogP contribution in [-0.4, -0.2) is 53.5 Å². The number of ether oxygens (including phenoxy) is 3. The number of hydrogen-bond donors (Lipinski definition) is 0. The molecule has 9 nitrogen and oxygen atoms in total. The molecule has 0 bridgehead atoms. The highest BCUT2D eigenvalue weighted by Crippen LogP contribution is 2.34. The third-order valence-electron chi connectivity index (χ3n) is 5.73. The molecule has 1 aromatic carbocycles. The Morgan fingerprint density at radius 2 is 2.03 bits per heavy atom. The first-order valence-corrected chi connectivity index (χ1v) is 12.5. The van der Waals surface area contributed by atoms with Crippen LogP contribution in [0.2, 0.25) is 0 Å². The minimum Gasteiger partial charge on any atom is -0.497 e. The van der Waals surface area contributed by atoms with Gasteiger partial charge in [-0.05, 0) is 37.3 Å². The number of hydrogen-bond acceptors (Lipinski definition) is 8. The number of nitrogens with zero attached hydrogens (tertiary/aromatic N) is 3. The van der Waals surface area contributed by atoms with Crippen molar-refractivity contribution in [1.82, 2.24) is 14.3 Å². The summed E-state index contributed by atoms with van der Waals surface area (Å²) in [6.45, 7) is 2.84. The highest BCUT2D eigenvalue weighted by atomic mass is 32.1. The fourth-order valence-electron chi connectivity index (χ4n) is 3.89. The number of fused-ring (bicyclic) bond motifs is 1. The highest BCUT2D eigenvalue weighted by molar-refractivity contribution is 7.15. The number of furan rings is 1. The van der Waals surface area contributed by atoms with Crippen LogP contribution in [0.3, 0.4) is 0 Å². The second-order valence-corrected chi connectivity index (χ2v) is 8.86. The maximum atomic E-state index is 13.0. The largest absolute Gasteiger partial charge is 0.497 e. The van der Waals surface area contributed by atoms with E-state index in [0.29, 0.717) is 37.6 Å². The van der Waals surface area contributed by atoms with Crippen LogP contribution in [0.5, 0.6) is 11.5 Å². The summed E-state index contributed by atoms with van der Waals surface area (Å²) < 4.78 is 23.4. The van der Waals surface area contributed by atoms with Gasteiger partial charge in [-0.3, -0.25) is 14.0 Å². The van der Waals surface area contributed by atoms with E-state index in [9.17, 15) is 9.59 Å².